The molecular formula is C22H26O6. The molecule has 6 nitrogen and oxygen atoms in total. The summed E-state index contributed by atoms with van der Waals surface area (Å²) in [5.41, 5.74) is 2.41. The molecule has 0 fully saturated rings. The minimum absolute atomic E-state index is 0.288. The second-order valence-electron chi connectivity index (χ2n) is 7.21. The van der Waals surface area contributed by atoms with Crippen LogP contribution >= 0.6 is 0 Å². The van der Waals surface area contributed by atoms with Crippen LogP contribution in [0.25, 0.3) is 0 Å². The van der Waals surface area contributed by atoms with Crippen LogP contribution in [-0.2, 0) is 22.3 Å². The first-order valence-electron chi connectivity index (χ1n) is 9.51. The van der Waals surface area contributed by atoms with Crippen LogP contribution in [0, 0.1) is 11.8 Å². The summed E-state index contributed by atoms with van der Waals surface area (Å²) in [6, 6.07) is 12.3. The van der Waals surface area contributed by atoms with Gasteiger partial charge in [0.2, 0.25) is 13.6 Å². The average Bonchev–Trinajstić information content (AvgIpc) is 3.35. The van der Waals surface area contributed by atoms with E-state index in [-0.39, 0.29) is 13.6 Å². The Kier molecular flexibility index (Phi) is 5.88. The van der Waals surface area contributed by atoms with Crippen molar-refractivity contribution in [2.75, 3.05) is 41.0 Å². The molecule has 28 heavy (non-hydrogen) atoms. The summed E-state index contributed by atoms with van der Waals surface area (Å²) in [6.07, 6.45) is 1.76. The number of ether oxygens (including phenoxy) is 6. The van der Waals surface area contributed by atoms with Gasteiger partial charge in [-0.3, -0.25) is 0 Å². The van der Waals surface area contributed by atoms with Gasteiger partial charge >= 0.3 is 0 Å². The SMILES string of the molecule is COC[C@H](Cc1ccc2c(c1)OCO2)[C@H](COC)Cc1ccc2c(c1)OCO2. The molecule has 0 spiro atoms. The van der Waals surface area contributed by atoms with Crippen molar-refractivity contribution < 1.29 is 28.4 Å². The first-order chi connectivity index (χ1) is 13.8. The molecule has 2 aliphatic heterocycles. The third-order valence-electron chi connectivity index (χ3n) is 5.30. The largest absolute Gasteiger partial charge is 0.454 e. The Balaban J connectivity index is 1.50. The van der Waals surface area contributed by atoms with Crippen molar-refractivity contribution in [1.29, 1.82) is 0 Å². The minimum Gasteiger partial charge on any atom is -0.454 e. The lowest BCUT2D eigenvalue weighted by molar-refractivity contribution is 0.0697. The van der Waals surface area contributed by atoms with E-state index >= 15 is 0 Å². The Morgan fingerprint density at radius 2 is 1.11 bits per heavy atom. The molecule has 2 aromatic carbocycles. The van der Waals surface area contributed by atoms with Crippen LogP contribution in [0.4, 0.5) is 0 Å². The second kappa shape index (κ2) is 8.71. The zero-order valence-corrected chi connectivity index (χ0v) is 16.3. The van der Waals surface area contributed by atoms with Crippen LogP contribution in [0.5, 0.6) is 23.0 Å². The summed E-state index contributed by atoms with van der Waals surface area (Å²) in [6.45, 7) is 1.90. The van der Waals surface area contributed by atoms with E-state index in [1.165, 1.54) is 11.1 Å². The minimum atomic E-state index is 0.288. The molecule has 4 rings (SSSR count). The van der Waals surface area contributed by atoms with Gasteiger partial charge in [-0.15, -0.1) is 0 Å². The van der Waals surface area contributed by atoms with E-state index in [9.17, 15) is 0 Å². The molecule has 2 aromatic rings. The summed E-state index contributed by atoms with van der Waals surface area (Å²) >= 11 is 0. The fourth-order valence-corrected chi connectivity index (χ4v) is 3.89. The fourth-order valence-electron chi connectivity index (χ4n) is 3.89. The predicted molar refractivity (Wildman–Crippen MR) is 103 cm³/mol. The highest BCUT2D eigenvalue weighted by Gasteiger charge is 2.25. The van der Waals surface area contributed by atoms with Gasteiger partial charge in [0.25, 0.3) is 0 Å². The van der Waals surface area contributed by atoms with Gasteiger partial charge in [0.15, 0.2) is 23.0 Å². The highest BCUT2D eigenvalue weighted by Crippen LogP contribution is 2.36. The summed E-state index contributed by atoms with van der Waals surface area (Å²) in [5, 5.41) is 0. The lowest BCUT2D eigenvalue weighted by Gasteiger charge is -2.27. The Morgan fingerprint density at radius 3 is 1.54 bits per heavy atom. The first kappa shape index (κ1) is 18.9. The van der Waals surface area contributed by atoms with E-state index in [1.54, 1.807) is 14.2 Å². The van der Waals surface area contributed by atoms with E-state index < -0.39 is 0 Å². The van der Waals surface area contributed by atoms with Crippen molar-refractivity contribution in [3.8, 4) is 23.0 Å². The van der Waals surface area contributed by atoms with Gasteiger partial charge in [0.05, 0.1) is 0 Å². The van der Waals surface area contributed by atoms with Crippen molar-refractivity contribution >= 4 is 0 Å². The Labute approximate surface area is 165 Å². The van der Waals surface area contributed by atoms with E-state index in [0.29, 0.717) is 25.0 Å². The molecular weight excluding hydrogens is 360 g/mol. The molecule has 0 saturated carbocycles. The third kappa shape index (κ3) is 4.18. The molecule has 0 aromatic heterocycles. The zero-order valence-electron chi connectivity index (χ0n) is 16.3. The van der Waals surface area contributed by atoms with Gasteiger partial charge in [-0.25, -0.2) is 0 Å². The van der Waals surface area contributed by atoms with E-state index in [0.717, 1.165) is 35.8 Å². The molecule has 0 aliphatic carbocycles. The number of hydrogen-bond donors (Lipinski definition) is 0. The second-order valence-corrected chi connectivity index (χ2v) is 7.21. The molecule has 0 radical (unpaired) electrons. The van der Waals surface area contributed by atoms with Gasteiger partial charge in [0, 0.05) is 27.4 Å². The maximum atomic E-state index is 5.55. The highest BCUT2D eigenvalue weighted by atomic mass is 16.7. The molecule has 2 atom stereocenters. The Morgan fingerprint density at radius 1 is 0.679 bits per heavy atom. The smallest absolute Gasteiger partial charge is 0.231 e. The van der Waals surface area contributed by atoms with E-state index in [4.69, 9.17) is 28.4 Å². The lowest BCUT2D eigenvalue weighted by atomic mass is 9.83. The van der Waals surface area contributed by atoms with Crippen LogP contribution in [0.2, 0.25) is 0 Å². The summed E-state index contributed by atoms with van der Waals surface area (Å²) in [7, 11) is 3.49. The molecule has 0 bridgehead atoms. The lowest BCUT2D eigenvalue weighted by Crippen LogP contribution is -2.27. The van der Waals surface area contributed by atoms with E-state index in [1.807, 2.05) is 12.1 Å². The monoisotopic (exact) mass is 386 g/mol. The quantitative estimate of drug-likeness (QED) is 0.658. The predicted octanol–water partition coefficient (Wildman–Crippen LogP) is 3.45. The maximum absolute atomic E-state index is 5.55. The highest BCUT2D eigenvalue weighted by molar-refractivity contribution is 5.45. The molecule has 0 saturated heterocycles. The molecule has 0 amide bonds. The fraction of sp³-hybridized carbons (Fsp3) is 0.455. The number of hydrogen-bond acceptors (Lipinski definition) is 6. The van der Waals surface area contributed by atoms with Crippen molar-refractivity contribution in [2.45, 2.75) is 12.8 Å². The molecule has 6 heteroatoms. The standard InChI is InChI=1S/C22H26O6/c1-23-11-17(7-15-3-5-19-21(9-15)27-13-25-19)18(12-24-2)8-16-4-6-20-22(10-16)28-14-26-20/h3-6,9-10,17-18H,7-8,11-14H2,1-2H3/t17-,18-/m0/s1. The summed E-state index contributed by atoms with van der Waals surface area (Å²) in [4.78, 5) is 0. The van der Waals surface area contributed by atoms with Crippen molar-refractivity contribution in [3.05, 3.63) is 47.5 Å². The van der Waals surface area contributed by atoms with Gasteiger partial charge in [-0.05, 0) is 60.1 Å². The van der Waals surface area contributed by atoms with Crippen LogP contribution in [-0.4, -0.2) is 41.0 Å². The number of rotatable bonds is 9. The topological polar surface area (TPSA) is 55.4 Å². The first-order valence-corrected chi connectivity index (χ1v) is 9.51. The third-order valence-corrected chi connectivity index (χ3v) is 5.30. The molecule has 2 aliphatic rings. The van der Waals surface area contributed by atoms with Crippen LogP contribution in [0.1, 0.15) is 11.1 Å². The van der Waals surface area contributed by atoms with Crippen molar-refractivity contribution in [2.24, 2.45) is 11.8 Å². The zero-order chi connectivity index (χ0) is 19.3. The molecule has 150 valence electrons. The van der Waals surface area contributed by atoms with Gasteiger partial charge in [0.1, 0.15) is 0 Å². The number of benzene rings is 2. The van der Waals surface area contributed by atoms with Crippen LogP contribution < -0.4 is 18.9 Å². The van der Waals surface area contributed by atoms with Gasteiger partial charge < -0.3 is 28.4 Å². The van der Waals surface area contributed by atoms with Crippen molar-refractivity contribution in [3.63, 3.8) is 0 Å². The molecule has 2 heterocycles. The normalized spacial score (nSPS) is 16.2. The Bertz CT molecular complexity index is 738. The van der Waals surface area contributed by atoms with Crippen molar-refractivity contribution in [1.82, 2.24) is 0 Å². The van der Waals surface area contributed by atoms with Crippen LogP contribution in [0.15, 0.2) is 36.4 Å². The summed E-state index contributed by atoms with van der Waals surface area (Å²) < 4.78 is 33.0. The summed E-state index contributed by atoms with van der Waals surface area (Å²) in [5.74, 6) is 3.84. The molecule has 0 N–H and O–H groups in total. The Hall–Kier alpha value is -2.44. The van der Waals surface area contributed by atoms with Gasteiger partial charge in [-0.2, -0.15) is 0 Å². The maximum Gasteiger partial charge on any atom is 0.231 e. The van der Waals surface area contributed by atoms with Crippen LogP contribution in [0.3, 0.4) is 0 Å². The van der Waals surface area contributed by atoms with E-state index in [2.05, 4.69) is 24.3 Å². The number of methoxy groups -OCH3 is 2. The molecule has 0 unspecified atom stereocenters. The van der Waals surface area contributed by atoms with Gasteiger partial charge in [-0.1, -0.05) is 12.1 Å². The number of fused-ring (bicyclic) bond motifs is 2. The average molecular weight is 386 g/mol.